The Hall–Kier alpha value is -2.87. The zero-order valence-electron chi connectivity index (χ0n) is 19.5. The van der Waals surface area contributed by atoms with Gasteiger partial charge in [-0.2, -0.15) is 0 Å². The van der Waals surface area contributed by atoms with Crippen molar-refractivity contribution in [3.05, 3.63) is 96.3 Å². The van der Waals surface area contributed by atoms with Crippen molar-refractivity contribution in [2.75, 3.05) is 18.0 Å². The molecule has 2 atom stereocenters. The Balaban J connectivity index is 1.64. The zero-order valence-corrected chi connectivity index (χ0v) is 19.5. The minimum Gasteiger partial charge on any atom is -0.341 e. The third-order valence-electron chi connectivity index (χ3n) is 6.24. The Bertz CT molecular complexity index is 953. The van der Waals surface area contributed by atoms with E-state index in [0.29, 0.717) is 12.0 Å². The van der Waals surface area contributed by atoms with Crippen LogP contribution in [-0.2, 0) is 0 Å². The van der Waals surface area contributed by atoms with Crippen molar-refractivity contribution in [2.24, 2.45) is 5.92 Å². The van der Waals surface area contributed by atoms with E-state index in [9.17, 15) is 0 Å². The summed E-state index contributed by atoms with van der Waals surface area (Å²) in [5.74, 6) is 0.664. The minimum atomic E-state index is 0.616. The van der Waals surface area contributed by atoms with Crippen LogP contribution in [0.25, 0.3) is 6.08 Å². The molecule has 1 aromatic rings. The van der Waals surface area contributed by atoms with Gasteiger partial charge >= 0.3 is 0 Å². The molecule has 2 aliphatic heterocycles. The van der Waals surface area contributed by atoms with Gasteiger partial charge in [0.25, 0.3) is 0 Å². The first kappa shape index (κ1) is 22.8. The molecule has 0 bridgehead atoms. The quantitative estimate of drug-likeness (QED) is 0.330. The first-order valence-electron chi connectivity index (χ1n) is 11.8. The van der Waals surface area contributed by atoms with Gasteiger partial charge in [-0.05, 0) is 44.1 Å². The molecule has 0 N–H and O–H groups in total. The molecule has 0 aliphatic carbocycles. The predicted octanol–water partition coefficient (Wildman–Crippen LogP) is 6.94. The molecule has 0 amide bonds. The van der Waals surface area contributed by atoms with Crippen molar-refractivity contribution in [3.63, 3.8) is 0 Å². The molecule has 0 fully saturated rings. The maximum absolute atomic E-state index is 2.55. The monoisotopic (exact) mass is 413 g/mol. The van der Waals surface area contributed by atoms with Crippen molar-refractivity contribution in [3.8, 4) is 0 Å². The normalized spacial score (nSPS) is 22.6. The van der Waals surface area contributed by atoms with Crippen LogP contribution in [0.4, 0.5) is 5.69 Å². The van der Waals surface area contributed by atoms with Gasteiger partial charge in [0.2, 0.25) is 0 Å². The van der Waals surface area contributed by atoms with Crippen LogP contribution >= 0.6 is 0 Å². The van der Waals surface area contributed by atoms with E-state index < -0.39 is 0 Å². The van der Waals surface area contributed by atoms with Gasteiger partial charge < -0.3 is 4.90 Å². The van der Waals surface area contributed by atoms with Crippen molar-refractivity contribution in [1.29, 1.82) is 0 Å². The van der Waals surface area contributed by atoms with Crippen LogP contribution in [0.15, 0.2) is 90.7 Å². The van der Waals surface area contributed by atoms with E-state index in [1.54, 1.807) is 0 Å². The molecular weight excluding hydrogens is 376 g/mol. The molecule has 2 heteroatoms. The van der Waals surface area contributed by atoms with Gasteiger partial charge in [0.05, 0.1) is 0 Å². The molecule has 2 nitrogen and oxygen atoms in total. The van der Waals surface area contributed by atoms with Crippen molar-refractivity contribution >= 4 is 17.5 Å². The number of hydrogen-bond donors (Lipinski definition) is 0. The molecule has 0 radical (unpaired) electrons. The summed E-state index contributed by atoms with van der Waals surface area (Å²) in [6.07, 6.45) is 26.5. The van der Waals surface area contributed by atoms with Crippen LogP contribution in [0.2, 0.25) is 0 Å². The van der Waals surface area contributed by atoms with E-state index in [1.165, 1.54) is 35.5 Å². The van der Waals surface area contributed by atoms with Crippen LogP contribution in [0.5, 0.6) is 0 Å². The molecule has 0 spiro atoms. The number of likely N-dealkylation sites (N-methyl/N-ethyl adjacent to an activating group) is 1. The van der Waals surface area contributed by atoms with E-state index in [-0.39, 0.29) is 0 Å². The molecule has 2 unspecified atom stereocenters. The lowest BCUT2D eigenvalue weighted by Gasteiger charge is -2.29. The smallest absolute Gasteiger partial charge is 0.199 e. The molecule has 31 heavy (non-hydrogen) atoms. The molecule has 162 valence electrons. The number of nitrogens with zero attached hydrogens (tertiary/aromatic N) is 2. The molecule has 2 heterocycles. The van der Waals surface area contributed by atoms with Gasteiger partial charge in [-0.15, -0.1) is 0 Å². The maximum Gasteiger partial charge on any atom is 0.199 e. The van der Waals surface area contributed by atoms with Crippen LogP contribution < -0.4 is 4.90 Å². The number of rotatable bonds is 8. The average molecular weight is 414 g/mol. The van der Waals surface area contributed by atoms with Gasteiger partial charge in [0, 0.05) is 42.4 Å². The standard InChI is InChI=1S/C29H37N2/c1-5-24-20-22-26(30(7-3)28(24)6-2)17-12-10-9-11-13-18-27-23-21-25-16-14-15-19-29(25)31(27)8-4/h9-24,28H,5-8H2,1-4H3/q+1. The highest BCUT2D eigenvalue weighted by atomic mass is 15.1. The predicted molar refractivity (Wildman–Crippen MR) is 137 cm³/mol. The fourth-order valence-corrected chi connectivity index (χ4v) is 4.65. The Morgan fingerprint density at radius 3 is 2.39 bits per heavy atom. The highest BCUT2D eigenvalue weighted by molar-refractivity contribution is 6.00. The van der Waals surface area contributed by atoms with Gasteiger partial charge in [0.15, 0.2) is 11.8 Å². The SMILES string of the molecule is CCC1C=CC(/C=C/C=C/C=C/C=C2\C=Cc3ccccc3N2CC)=[N+](CC)C1CC. The van der Waals surface area contributed by atoms with Gasteiger partial charge in [-0.1, -0.05) is 74.6 Å². The Kier molecular flexibility index (Phi) is 8.46. The summed E-state index contributed by atoms with van der Waals surface area (Å²) < 4.78 is 2.55. The minimum absolute atomic E-state index is 0.616. The fourth-order valence-electron chi connectivity index (χ4n) is 4.65. The Morgan fingerprint density at radius 2 is 1.65 bits per heavy atom. The second-order valence-corrected chi connectivity index (χ2v) is 7.97. The van der Waals surface area contributed by atoms with Gasteiger partial charge in [-0.25, -0.2) is 4.58 Å². The summed E-state index contributed by atoms with van der Waals surface area (Å²) in [7, 11) is 0. The highest BCUT2D eigenvalue weighted by Gasteiger charge is 2.30. The van der Waals surface area contributed by atoms with Crippen LogP contribution in [0.1, 0.15) is 46.1 Å². The van der Waals surface area contributed by atoms with E-state index in [0.717, 1.165) is 13.1 Å². The van der Waals surface area contributed by atoms with Gasteiger partial charge in [0.1, 0.15) is 6.54 Å². The van der Waals surface area contributed by atoms with Crippen molar-refractivity contribution in [2.45, 2.75) is 46.6 Å². The average Bonchev–Trinajstić information content (AvgIpc) is 2.82. The third-order valence-corrected chi connectivity index (χ3v) is 6.24. The number of allylic oxidation sites excluding steroid dienone is 9. The van der Waals surface area contributed by atoms with Crippen molar-refractivity contribution in [1.82, 2.24) is 0 Å². The lowest BCUT2D eigenvalue weighted by atomic mass is 9.90. The summed E-state index contributed by atoms with van der Waals surface area (Å²) >= 11 is 0. The van der Waals surface area contributed by atoms with E-state index in [2.05, 4.69) is 128 Å². The number of anilines is 1. The van der Waals surface area contributed by atoms with E-state index >= 15 is 0 Å². The lowest BCUT2D eigenvalue weighted by Crippen LogP contribution is -2.38. The topological polar surface area (TPSA) is 6.25 Å². The molecule has 0 saturated heterocycles. The first-order chi connectivity index (χ1) is 15.2. The molecule has 2 aliphatic rings. The Labute approximate surface area is 189 Å². The summed E-state index contributed by atoms with van der Waals surface area (Å²) in [4.78, 5) is 2.35. The summed E-state index contributed by atoms with van der Waals surface area (Å²) in [5, 5.41) is 0. The molecular formula is C29H37N2+. The van der Waals surface area contributed by atoms with E-state index in [4.69, 9.17) is 0 Å². The van der Waals surface area contributed by atoms with Crippen LogP contribution in [0, 0.1) is 5.92 Å². The zero-order chi connectivity index (χ0) is 22.1. The van der Waals surface area contributed by atoms with Gasteiger partial charge in [-0.3, -0.25) is 0 Å². The number of para-hydroxylation sites is 1. The molecule has 3 rings (SSSR count). The summed E-state index contributed by atoms with van der Waals surface area (Å²) in [5.41, 5.74) is 5.10. The number of fused-ring (bicyclic) bond motifs is 1. The molecule has 0 aromatic heterocycles. The molecule has 0 saturated carbocycles. The maximum atomic E-state index is 2.55. The Morgan fingerprint density at radius 1 is 0.871 bits per heavy atom. The largest absolute Gasteiger partial charge is 0.341 e. The summed E-state index contributed by atoms with van der Waals surface area (Å²) in [6.45, 7) is 11.1. The summed E-state index contributed by atoms with van der Waals surface area (Å²) in [6, 6.07) is 9.17. The lowest BCUT2D eigenvalue weighted by molar-refractivity contribution is -0.570. The van der Waals surface area contributed by atoms with E-state index in [1.807, 2.05) is 0 Å². The first-order valence-corrected chi connectivity index (χ1v) is 11.8. The molecule has 1 aromatic carbocycles. The second kappa shape index (κ2) is 11.5. The third kappa shape index (κ3) is 5.44. The van der Waals surface area contributed by atoms with Crippen LogP contribution in [-0.4, -0.2) is 29.4 Å². The second-order valence-electron chi connectivity index (χ2n) is 7.97. The number of benzene rings is 1. The highest BCUT2D eigenvalue weighted by Crippen LogP contribution is 2.30. The van der Waals surface area contributed by atoms with Crippen molar-refractivity contribution < 1.29 is 4.58 Å². The van der Waals surface area contributed by atoms with Crippen LogP contribution in [0.3, 0.4) is 0 Å². The number of hydrogen-bond acceptors (Lipinski definition) is 1. The fraction of sp³-hybridized carbons (Fsp3) is 0.345.